The lowest BCUT2D eigenvalue weighted by Gasteiger charge is -2.15. The molecule has 1 atom stereocenters. The van der Waals surface area contributed by atoms with E-state index >= 15 is 0 Å². The largest absolute Gasteiger partial charge is 0.356 e. The van der Waals surface area contributed by atoms with Gasteiger partial charge in [-0.05, 0) is 36.8 Å². The zero-order valence-corrected chi connectivity index (χ0v) is 15.2. The third-order valence-corrected chi connectivity index (χ3v) is 5.21. The van der Waals surface area contributed by atoms with Gasteiger partial charge in [-0.3, -0.25) is 4.79 Å². The highest BCUT2D eigenvalue weighted by molar-refractivity contribution is 7.88. The predicted molar refractivity (Wildman–Crippen MR) is 98.9 cm³/mol. The standard InChI is InChI=1S/C18H19N3O4S/c1-12(14-6-5-7-15(10-14)19-13(2)22)21-26(23,24)11-17-16-8-3-4-9-18(16)25-20-17/h3-10,12,21H,11H2,1-2H3,(H,19,22). The molecule has 1 aromatic heterocycles. The van der Waals surface area contributed by atoms with Crippen LogP contribution in [0.3, 0.4) is 0 Å². The summed E-state index contributed by atoms with van der Waals surface area (Å²) in [5.74, 6) is -0.465. The number of nitrogens with zero attached hydrogens (tertiary/aromatic N) is 1. The Labute approximate surface area is 151 Å². The van der Waals surface area contributed by atoms with Crippen molar-refractivity contribution in [3.8, 4) is 0 Å². The number of hydrogen-bond donors (Lipinski definition) is 2. The quantitative estimate of drug-likeness (QED) is 0.692. The molecule has 136 valence electrons. The molecule has 0 aliphatic heterocycles. The van der Waals surface area contributed by atoms with Crippen molar-refractivity contribution in [3.63, 3.8) is 0 Å². The van der Waals surface area contributed by atoms with Crippen LogP contribution in [0.1, 0.15) is 31.1 Å². The Kier molecular flexibility index (Phi) is 5.06. The van der Waals surface area contributed by atoms with Crippen LogP contribution in [0.15, 0.2) is 53.1 Å². The molecule has 0 aliphatic carbocycles. The number of anilines is 1. The van der Waals surface area contributed by atoms with Gasteiger partial charge < -0.3 is 9.84 Å². The summed E-state index contributed by atoms with van der Waals surface area (Å²) >= 11 is 0. The molecule has 0 fully saturated rings. The maximum Gasteiger partial charge on any atom is 0.221 e. The van der Waals surface area contributed by atoms with Crippen LogP contribution in [0, 0.1) is 0 Å². The van der Waals surface area contributed by atoms with E-state index in [1.807, 2.05) is 0 Å². The summed E-state index contributed by atoms with van der Waals surface area (Å²) in [6.07, 6.45) is 0. The van der Waals surface area contributed by atoms with Gasteiger partial charge in [0, 0.05) is 24.0 Å². The van der Waals surface area contributed by atoms with Crippen molar-refractivity contribution in [2.75, 3.05) is 5.32 Å². The molecular formula is C18H19N3O4S. The van der Waals surface area contributed by atoms with Gasteiger partial charge in [0.1, 0.15) is 11.4 Å². The van der Waals surface area contributed by atoms with Crippen molar-refractivity contribution in [2.45, 2.75) is 25.6 Å². The number of hydrogen-bond acceptors (Lipinski definition) is 5. The van der Waals surface area contributed by atoms with Crippen molar-refractivity contribution >= 4 is 32.6 Å². The SMILES string of the molecule is CC(=O)Nc1cccc(C(C)NS(=O)(=O)Cc2noc3ccccc23)c1. The Hall–Kier alpha value is -2.71. The first kappa shape index (κ1) is 18.1. The van der Waals surface area contributed by atoms with E-state index < -0.39 is 16.1 Å². The molecule has 0 bridgehead atoms. The monoisotopic (exact) mass is 373 g/mol. The molecule has 1 unspecified atom stereocenters. The minimum atomic E-state index is -3.64. The fourth-order valence-corrected chi connectivity index (χ4v) is 4.02. The lowest BCUT2D eigenvalue weighted by Crippen LogP contribution is -2.28. The second kappa shape index (κ2) is 7.27. The first-order chi connectivity index (χ1) is 12.3. The van der Waals surface area contributed by atoms with E-state index in [-0.39, 0.29) is 11.7 Å². The second-order valence-corrected chi connectivity index (χ2v) is 7.78. The van der Waals surface area contributed by atoms with Crippen LogP contribution < -0.4 is 10.0 Å². The smallest absolute Gasteiger partial charge is 0.221 e. The van der Waals surface area contributed by atoms with Gasteiger partial charge in [0.15, 0.2) is 5.58 Å². The van der Waals surface area contributed by atoms with Crippen LogP contribution in [0.5, 0.6) is 0 Å². The summed E-state index contributed by atoms with van der Waals surface area (Å²) in [7, 11) is -3.64. The molecule has 26 heavy (non-hydrogen) atoms. The number of benzene rings is 2. The third kappa shape index (κ3) is 4.27. The van der Waals surface area contributed by atoms with E-state index in [9.17, 15) is 13.2 Å². The number of fused-ring (bicyclic) bond motifs is 1. The van der Waals surface area contributed by atoms with Crippen LogP contribution in [0.25, 0.3) is 11.0 Å². The lowest BCUT2D eigenvalue weighted by molar-refractivity contribution is -0.114. The number of rotatable bonds is 6. The van der Waals surface area contributed by atoms with E-state index in [1.54, 1.807) is 55.5 Å². The highest BCUT2D eigenvalue weighted by Gasteiger charge is 2.20. The number of sulfonamides is 1. The molecule has 0 saturated carbocycles. The van der Waals surface area contributed by atoms with E-state index in [4.69, 9.17) is 4.52 Å². The molecule has 0 radical (unpaired) electrons. The van der Waals surface area contributed by atoms with Gasteiger partial charge in [0.25, 0.3) is 0 Å². The molecule has 0 aliphatic rings. The Morgan fingerprint density at radius 1 is 1.19 bits per heavy atom. The fourth-order valence-electron chi connectivity index (χ4n) is 2.69. The van der Waals surface area contributed by atoms with Crippen molar-refractivity contribution in [1.82, 2.24) is 9.88 Å². The average molecular weight is 373 g/mol. The highest BCUT2D eigenvalue weighted by Crippen LogP contribution is 2.22. The van der Waals surface area contributed by atoms with Crippen LogP contribution >= 0.6 is 0 Å². The molecule has 1 heterocycles. The Morgan fingerprint density at radius 3 is 2.73 bits per heavy atom. The number of carbonyl (C=O) groups excluding carboxylic acids is 1. The number of aromatic nitrogens is 1. The zero-order chi connectivity index (χ0) is 18.7. The van der Waals surface area contributed by atoms with Gasteiger partial charge in [0.2, 0.25) is 15.9 Å². The highest BCUT2D eigenvalue weighted by atomic mass is 32.2. The van der Waals surface area contributed by atoms with Crippen molar-refractivity contribution in [1.29, 1.82) is 0 Å². The molecular weight excluding hydrogens is 354 g/mol. The molecule has 1 amide bonds. The molecule has 0 saturated heterocycles. The number of amides is 1. The zero-order valence-electron chi connectivity index (χ0n) is 14.4. The third-order valence-electron chi connectivity index (χ3n) is 3.84. The van der Waals surface area contributed by atoms with Crippen LogP contribution in [0.4, 0.5) is 5.69 Å². The number of nitrogens with one attached hydrogen (secondary N) is 2. The summed E-state index contributed by atoms with van der Waals surface area (Å²) in [6.45, 7) is 3.16. The fraction of sp³-hybridized carbons (Fsp3) is 0.222. The molecule has 8 heteroatoms. The van der Waals surface area contributed by atoms with Gasteiger partial charge in [-0.1, -0.05) is 29.4 Å². The Bertz CT molecular complexity index is 1040. The topological polar surface area (TPSA) is 101 Å². The van der Waals surface area contributed by atoms with E-state index in [0.29, 0.717) is 22.4 Å². The molecule has 7 nitrogen and oxygen atoms in total. The molecule has 2 N–H and O–H groups in total. The van der Waals surface area contributed by atoms with Gasteiger partial charge in [-0.25, -0.2) is 13.1 Å². The summed E-state index contributed by atoms with van der Waals surface area (Å²) in [5, 5.41) is 7.23. The number of carbonyl (C=O) groups is 1. The second-order valence-electron chi connectivity index (χ2n) is 6.03. The van der Waals surface area contributed by atoms with Gasteiger partial charge >= 0.3 is 0 Å². The molecule has 0 spiro atoms. The van der Waals surface area contributed by atoms with Gasteiger partial charge in [-0.15, -0.1) is 0 Å². The Balaban J connectivity index is 1.75. The van der Waals surface area contributed by atoms with Crippen molar-refractivity contribution in [3.05, 3.63) is 59.8 Å². The summed E-state index contributed by atoms with van der Waals surface area (Å²) in [6, 6.07) is 13.7. The number of para-hydroxylation sites is 1. The summed E-state index contributed by atoms with van der Waals surface area (Å²) in [5.41, 5.74) is 2.27. The molecule has 2 aromatic carbocycles. The van der Waals surface area contributed by atoms with Crippen LogP contribution in [0.2, 0.25) is 0 Å². The van der Waals surface area contributed by atoms with E-state index in [2.05, 4.69) is 15.2 Å². The molecule has 3 aromatic rings. The molecule has 3 rings (SSSR count). The normalized spacial score (nSPS) is 12.8. The summed E-state index contributed by atoms with van der Waals surface area (Å²) < 4.78 is 32.8. The maximum absolute atomic E-state index is 12.5. The van der Waals surface area contributed by atoms with Crippen molar-refractivity contribution < 1.29 is 17.7 Å². The predicted octanol–water partition coefficient (Wildman–Crippen LogP) is 2.97. The van der Waals surface area contributed by atoms with E-state index in [0.717, 1.165) is 5.56 Å². The van der Waals surface area contributed by atoms with Gasteiger partial charge in [-0.2, -0.15) is 0 Å². The average Bonchev–Trinajstić information content (AvgIpc) is 2.96. The minimum absolute atomic E-state index is 0.187. The first-order valence-corrected chi connectivity index (χ1v) is 9.70. The lowest BCUT2D eigenvalue weighted by atomic mass is 10.1. The first-order valence-electron chi connectivity index (χ1n) is 8.05. The van der Waals surface area contributed by atoms with E-state index in [1.165, 1.54) is 6.92 Å². The maximum atomic E-state index is 12.5. The van der Waals surface area contributed by atoms with Crippen LogP contribution in [-0.2, 0) is 20.6 Å². The van der Waals surface area contributed by atoms with Crippen LogP contribution in [-0.4, -0.2) is 19.5 Å². The minimum Gasteiger partial charge on any atom is -0.356 e. The summed E-state index contributed by atoms with van der Waals surface area (Å²) in [4.78, 5) is 11.2. The van der Waals surface area contributed by atoms with Crippen molar-refractivity contribution in [2.24, 2.45) is 0 Å². The van der Waals surface area contributed by atoms with Gasteiger partial charge in [0.05, 0.1) is 0 Å². The Morgan fingerprint density at radius 2 is 1.96 bits per heavy atom.